The molecule has 0 bridgehead atoms. The van der Waals surface area contributed by atoms with Gasteiger partial charge in [0.15, 0.2) is 0 Å². The number of hydrogen-bond acceptors (Lipinski definition) is 2. The van der Waals surface area contributed by atoms with Crippen molar-refractivity contribution in [3.05, 3.63) is 35.6 Å². The predicted molar refractivity (Wildman–Crippen MR) is 59.4 cm³/mol. The van der Waals surface area contributed by atoms with Crippen molar-refractivity contribution in [1.82, 2.24) is 5.32 Å². The zero-order valence-electron chi connectivity index (χ0n) is 8.95. The topological polar surface area (TPSA) is 55.1 Å². The number of carbonyl (C=O) groups excluding carboxylic acids is 1. The number of amides is 1. The van der Waals surface area contributed by atoms with Gasteiger partial charge in [-0.05, 0) is 30.4 Å². The van der Waals surface area contributed by atoms with Crippen LogP contribution in [-0.4, -0.2) is 18.5 Å². The van der Waals surface area contributed by atoms with Gasteiger partial charge < -0.3 is 11.1 Å². The molecule has 4 heteroatoms. The van der Waals surface area contributed by atoms with Gasteiger partial charge in [0.1, 0.15) is 5.82 Å². The summed E-state index contributed by atoms with van der Waals surface area (Å²) < 4.78 is 13.4. The van der Waals surface area contributed by atoms with E-state index in [1.807, 2.05) is 12.1 Å². The highest BCUT2D eigenvalue weighted by atomic mass is 19.1. The van der Waals surface area contributed by atoms with Crippen molar-refractivity contribution in [3.63, 3.8) is 0 Å². The fraction of sp³-hybridized carbons (Fsp3) is 0.417. The molecular weight excluding hydrogens is 207 g/mol. The normalized spacial score (nSPS) is 23.8. The summed E-state index contributed by atoms with van der Waals surface area (Å²) in [6.07, 6.45) is 1.74. The highest BCUT2D eigenvalue weighted by molar-refractivity contribution is 5.75. The van der Waals surface area contributed by atoms with Crippen LogP contribution in [0.3, 0.4) is 0 Å². The summed E-state index contributed by atoms with van der Waals surface area (Å²) in [5.74, 6) is -0.221. The Morgan fingerprint density at radius 1 is 1.44 bits per heavy atom. The average Bonchev–Trinajstić information content (AvgIpc) is 2.17. The fourth-order valence-electron chi connectivity index (χ4n) is 2.09. The minimum atomic E-state index is -0.352. The van der Waals surface area contributed by atoms with Crippen LogP contribution < -0.4 is 11.1 Å². The van der Waals surface area contributed by atoms with Crippen molar-refractivity contribution in [2.24, 2.45) is 5.73 Å². The quantitative estimate of drug-likeness (QED) is 0.802. The van der Waals surface area contributed by atoms with Crippen molar-refractivity contribution in [2.75, 3.05) is 6.54 Å². The molecule has 1 aromatic carbocycles. The highest BCUT2D eigenvalue weighted by Crippen LogP contribution is 2.37. The van der Waals surface area contributed by atoms with Gasteiger partial charge in [-0.25, -0.2) is 4.39 Å². The Labute approximate surface area is 93.8 Å². The summed E-state index contributed by atoms with van der Waals surface area (Å²) in [6.45, 7) is 0.203. The van der Waals surface area contributed by atoms with Crippen LogP contribution in [-0.2, 0) is 4.79 Å². The number of nitrogens with one attached hydrogen (secondary N) is 1. The fourth-order valence-corrected chi connectivity index (χ4v) is 2.09. The molecule has 3 N–H and O–H groups in total. The van der Waals surface area contributed by atoms with Gasteiger partial charge in [0.25, 0.3) is 0 Å². The largest absolute Gasteiger partial charge is 0.369 e. The van der Waals surface area contributed by atoms with Crippen molar-refractivity contribution in [1.29, 1.82) is 0 Å². The van der Waals surface area contributed by atoms with Gasteiger partial charge >= 0.3 is 0 Å². The molecule has 0 spiro atoms. The van der Waals surface area contributed by atoms with E-state index in [9.17, 15) is 9.18 Å². The van der Waals surface area contributed by atoms with Gasteiger partial charge in [-0.1, -0.05) is 18.2 Å². The minimum Gasteiger partial charge on any atom is -0.369 e. The van der Waals surface area contributed by atoms with Gasteiger partial charge in [-0.2, -0.15) is 0 Å². The Balaban J connectivity index is 1.84. The minimum absolute atomic E-state index is 0.138. The zero-order valence-corrected chi connectivity index (χ0v) is 8.95. The molecule has 1 aliphatic carbocycles. The van der Waals surface area contributed by atoms with E-state index in [0.29, 0.717) is 0 Å². The molecule has 0 saturated heterocycles. The van der Waals surface area contributed by atoms with E-state index in [2.05, 4.69) is 5.32 Å². The summed E-state index contributed by atoms with van der Waals surface area (Å²) in [6, 6.07) is 7.14. The third-order valence-corrected chi connectivity index (χ3v) is 3.05. The predicted octanol–water partition coefficient (Wildman–Crippen LogP) is 1.15. The summed E-state index contributed by atoms with van der Waals surface area (Å²) in [5.41, 5.74) is 5.81. The van der Waals surface area contributed by atoms with E-state index >= 15 is 0 Å². The average molecular weight is 222 g/mol. The maximum atomic E-state index is 13.4. The zero-order chi connectivity index (χ0) is 11.5. The van der Waals surface area contributed by atoms with E-state index in [4.69, 9.17) is 5.73 Å². The lowest BCUT2D eigenvalue weighted by Crippen LogP contribution is -2.44. The monoisotopic (exact) mass is 222 g/mol. The van der Waals surface area contributed by atoms with Crippen molar-refractivity contribution in [2.45, 2.75) is 24.8 Å². The first kappa shape index (κ1) is 11.1. The van der Waals surface area contributed by atoms with Gasteiger partial charge in [0, 0.05) is 6.04 Å². The number of halogens is 1. The number of benzene rings is 1. The first-order chi connectivity index (χ1) is 7.66. The maximum Gasteiger partial charge on any atom is 0.231 e. The van der Waals surface area contributed by atoms with E-state index in [1.165, 1.54) is 6.07 Å². The molecule has 0 atom stereocenters. The van der Waals surface area contributed by atoms with Crippen LogP contribution in [0.2, 0.25) is 0 Å². The van der Waals surface area contributed by atoms with Gasteiger partial charge in [-0.3, -0.25) is 4.79 Å². The van der Waals surface area contributed by atoms with E-state index in [0.717, 1.165) is 18.4 Å². The Morgan fingerprint density at radius 2 is 2.12 bits per heavy atom. The third kappa shape index (κ3) is 2.39. The highest BCUT2D eigenvalue weighted by Gasteiger charge is 2.31. The molecule has 0 unspecified atom stereocenters. The summed E-state index contributed by atoms with van der Waals surface area (Å²) >= 11 is 0. The maximum absolute atomic E-state index is 13.4. The van der Waals surface area contributed by atoms with Gasteiger partial charge in [-0.15, -0.1) is 0 Å². The Bertz CT molecular complexity index is 388. The second-order valence-corrected chi connectivity index (χ2v) is 4.23. The van der Waals surface area contributed by atoms with E-state index in [-0.39, 0.29) is 30.2 Å². The molecule has 1 fully saturated rings. The molecule has 0 radical (unpaired) electrons. The van der Waals surface area contributed by atoms with Crippen LogP contribution >= 0.6 is 0 Å². The van der Waals surface area contributed by atoms with Crippen LogP contribution in [0.25, 0.3) is 0 Å². The molecular formula is C12H15FN2O. The summed E-state index contributed by atoms with van der Waals surface area (Å²) in [7, 11) is 0. The van der Waals surface area contributed by atoms with Crippen LogP contribution in [0.5, 0.6) is 0 Å². The molecule has 0 aromatic heterocycles. The molecule has 1 aromatic rings. The number of primary amides is 1. The number of nitrogens with two attached hydrogens (primary N) is 1. The van der Waals surface area contributed by atoms with Crippen molar-refractivity contribution in [3.8, 4) is 0 Å². The van der Waals surface area contributed by atoms with Crippen molar-refractivity contribution >= 4 is 5.91 Å². The SMILES string of the molecule is NC(=O)CNC1CC(c2ccccc2F)C1. The molecule has 1 aliphatic rings. The van der Waals surface area contributed by atoms with Gasteiger partial charge in [0.2, 0.25) is 5.91 Å². The number of rotatable bonds is 4. The lowest BCUT2D eigenvalue weighted by atomic mass is 9.75. The second-order valence-electron chi connectivity index (χ2n) is 4.23. The lowest BCUT2D eigenvalue weighted by Gasteiger charge is -2.36. The Kier molecular flexibility index (Phi) is 3.19. The smallest absolute Gasteiger partial charge is 0.231 e. The molecule has 0 heterocycles. The molecule has 1 amide bonds. The lowest BCUT2D eigenvalue weighted by molar-refractivity contribution is -0.117. The molecule has 16 heavy (non-hydrogen) atoms. The first-order valence-corrected chi connectivity index (χ1v) is 5.43. The van der Waals surface area contributed by atoms with Crippen LogP contribution in [0.15, 0.2) is 24.3 Å². The van der Waals surface area contributed by atoms with Crippen LogP contribution in [0.1, 0.15) is 24.3 Å². The number of carbonyl (C=O) groups is 1. The molecule has 0 aliphatic heterocycles. The summed E-state index contributed by atoms with van der Waals surface area (Å²) in [5, 5.41) is 3.04. The molecule has 3 nitrogen and oxygen atoms in total. The van der Waals surface area contributed by atoms with Crippen LogP contribution in [0, 0.1) is 5.82 Å². The van der Waals surface area contributed by atoms with Crippen LogP contribution in [0.4, 0.5) is 4.39 Å². The van der Waals surface area contributed by atoms with E-state index < -0.39 is 0 Å². The standard InChI is InChI=1S/C12H15FN2O/c13-11-4-2-1-3-10(11)8-5-9(6-8)15-7-12(14)16/h1-4,8-9,15H,5-7H2,(H2,14,16). The second kappa shape index (κ2) is 4.61. The summed E-state index contributed by atoms with van der Waals surface area (Å²) in [4.78, 5) is 10.5. The van der Waals surface area contributed by atoms with Gasteiger partial charge in [0.05, 0.1) is 6.54 Å². The Hall–Kier alpha value is -1.42. The third-order valence-electron chi connectivity index (χ3n) is 3.05. The Morgan fingerprint density at radius 3 is 2.75 bits per heavy atom. The molecule has 86 valence electrons. The molecule has 2 rings (SSSR count). The van der Waals surface area contributed by atoms with Crippen molar-refractivity contribution < 1.29 is 9.18 Å². The first-order valence-electron chi connectivity index (χ1n) is 5.43. The van der Waals surface area contributed by atoms with E-state index in [1.54, 1.807) is 6.07 Å². The molecule has 1 saturated carbocycles. The number of hydrogen-bond donors (Lipinski definition) is 2.